The van der Waals surface area contributed by atoms with Crippen molar-refractivity contribution >= 4 is 11.8 Å². The quantitative estimate of drug-likeness (QED) is 0.516. The van der Waals surface area contributed by atoms with Gasteiger partial charge in [-0.3, -0.25) is 9.59 Å². The number of ether oxygens (including phenoxy) is 1. The first-order chi connectivity index (χ1) is 12.8. The molecule has 1 rings (SSSR count). The van der Waals surface area contributed by atoms with Crippen LogP contribution in [-0.4, -0.2) is 36.6 Å². The van der Waals surface area contributed by atoms with Gasteiger partial charge in [0.1, 0.15) is 11.9 Å². The average molecular weight is 402 g/mol. The van der Waals surface area contributed by atoms with Gasteiger partial charge >= 0.3 is 0 Å². The molecule has 0 aliphatic heterocycles. The highest BCUT2D eigenvalue weighted by atomic mass is 19.2. The molecule has 0 saturated heterocycles. The van der Waals surface area contributed by atoms with Gasteiger partial charge < -0.3 is 15.4 Å². The SMILES string of the molecule is CCC(C)(C)[C@H](OC(C)(C)C)C(=O)NCCNC(=O)c1cc(F)c(F)cc1F. The lowest BCUT2D eigenvalue weighted by atomic mass is 9.82. The fraction of sp³-hybridized carbons (Fsp3) is 0.600. The number of hydrogen-bond acceptors (Lipinski definition) is 3. The van der Waals surface area contributed by atoms with Crippen molar-refractivity contribution in [3.05, 3.63) is 35.1 Å². The molecule has 0 bridgehead atoms. The number of carbonyl (C=O) groups is 2. The van der Waals surface area contributed by atoms with Crippen molar-refractivity contribution in [2.45, 2.75) is 59.7 Å². The van der Waals surface area contributed by atoms with E-state index in [1.165, 1.54) is 0 Å². The second kappa shape index (κ2) is 9.41. The van der Waals surface area contributed by atoms with E-state index in [1.54, 1.807) is 0 Å². The summed E-state index contributed by atoms with van der Waals surface area (Å²) in [6.07, 6.45) is 0.0182. The van der Waals surface area contributed by atoms with Crippen molar-refractivity contribution in [1.82, 2.24) is 10.6 Å². The minimum absolute atomic E-state index is 0.0161. The van der Waals surface area contributed by atoms with Gasteiger partial charge in [-0.15, -0.1) is 0 Å². The molecule has 1 atom stereocenters. The van der Waals surface area contributed by atoms with Gasteiger partial charge in [0, 0.05) is 19.2 Å². The summed E-state index contributed by atoms with van der Waals surface area (Å²) in [5.41, 5.74) is -1.53. The predicted molar refractivity (Wildman–Crippen MR) is 100 cm³/mol. The van der Waals surface area contributed by atoms with Crippen molar-refractivity contribution in [2.24, 2.45) is 5.41 Å². The van der Waals surface area contributed by atoms with Gasteiger partial charge in [-0.05, 0) is 38.7 Å². The van der Waals surface area contributed by atoms with Crippen LogP contribution in [0.5, 0.6) is 0 Å². The molecule has 0 fully saturated rings. The van der Waals surface area contributed by atoms with Crippen molar-refractivity contribution in [2.75, 3.05) is 13.1 Å². The Morgan fingerprint density at radius 1 is 0.964 bits per heavy atom. The van der Waals surface area contributed by atoms with E-state index >= 15 is 0 Å². The van der Waals surface area contributed by atoms with E-state index in [2.05, 4.69) is 10.6 Å². The summed E-state index contributed by atoms with van der Waals surface area (Å²) in [4.78, 5) is 24.5. The van der Waals surface area contributed by atoms with Crippen LogP contribution in [0.1, 0.15) is 58.3 Å². The Hall–Kier alpha value is -2.09. The summed E-state index contributed by atoms with van der Waals surface area (Å²) in [5, 5.41) is 5.04. The zero-order valence-corrected chi connectivity index (χ0v) is 17.2. The number of carbonyl (C=O) groups excluding carboxylic acids is 2. The van der Waals surface area contributed by atoms with Crippen LogP contribution in [0.2, 0.25) is 0 Å². The number of halogens is 3. The van der Waals surface area contributed by atoms with E-state index in [0.29, 0.717) is 18.6 Å². The molecular weight excluding hydrogens is 373 g/mol. The van der Waals surface area contributed by atoms with Gasteiger partial charge in [0.2, 0.25) is 5.91 Å². The molecule has 158 valence electrons. The Morgan fingerprint density at radius 2 is 1.50 bits per heavy atom. The first kappa shape index (κ1) is 23.9. The monoisotopic (exact) mass is 402 g/mol. The smallest absolute Gasteiger partial charge is 0.254 e. The molecule has 2 N–H and O–H groups in total. The molecule has 1 aromatic carbocycles. The number of hydrogen-bond donors (Lipinski definition) is 2. The highest BCUT2D eigenvalue weighted by molar-refractivity contribution is 5.94. The molecular formula is C20H29F3N2O3. The Balaban J connectivity index is 2.65. The molecule has 5 nitrogen and oxygen atoms in total. The van der Waals surface area contributed by atoms with E-state index in [9.17, 15) is 22.8 Å². The maximum Gasteiger partial charge on any atom is 0.254 e. The third-order valence-electron chi connectivity index (χ3n) is 4.29. The second-order valence-electron chi connectivity index (χ2n) is 8.25. The largest absolute Gasteiger partial charge is 0.362 e. The van der Waals surface area contributed by atoms with Crippen molar-refractivity contribution in [1.29, 1.82) is 0 Å². The highest BCUT2D eigenvalue weighted by Gasteiger charge is 2.37. The number of benzene rings is 1. The zero-order valence-electron chi connectivity index (χ0n) is 17.2. The van der Waals surface area contributed by atoms with E-state index in [4.69, 9.17) is 4.74 Å². The van der Waals surface area contributed by atoms with E-state index in [0.717, 1.165) is 0 Å². The fourth-order valence-corrected chi connectivity index (χ4v) is 2.35. The maximum atomic E-state index is 13.6. The lowest BCUT2D eigenvalue weighted by Crippen LogP contribution is -2.49. The van der Waals surface area contributed by atoms with Crippen LogP contribution >= 0.6 is 0 Å². The minimum atomic E-state index is -1.37. The highest BCUT2D eigenvalue weighted by Crippen LogP contribution is 2.30. The molecule has 28 heavy (non-hydrogen) atoms. The lowest BCUT2D eigenvalue weighted by molar-refractivity contribution is -0.156. The summed E-state index contributed by atoms with van der Waals surface area (Å²) >= 11 is 0. The molecule has 2 amide bonds. The summed E-state index contributed by atoms with van der Waals surface area (Å²) in [6, 6.07) is 0.808. The van der Waals surface area contributed by atoms with Crippen LogP contribution in [0.25, 0.3) is 0 Å². The summed E-state index contributed by atoms with van der Waals surface area (Å²) in [7, 11) is 0. The molecule has 0 saturated carbocycles. The van der Waals surface area contributed by atoms with Crippen LogP contribution in [0.3, 0.4) is 0 Å². The van der Waals surface area contributed by atoms with Crippen molar-refractivity contribution in [3.63, 3.8) is 0 Å². The van der Waals surface area contributed by atoms with Crippen molar-refractivity contribution < 1.29 is 27.5 Å². The van der Waals surface area contributed by atoms with Gasteiger partial charge in [-0.1, -0.05) is 20.8 Å². The summed E-state index contributed by atoms with van der Waals surface area (Å²) in [6.45, 7) is 11.4. The zero-order chi connectivity index (χ0) is 21.7. The van der Waals surface area contributed by atoms with E-state index < -0.39 is 46.0 Å². The van der Waals surface area contributed by atoms with Gasteiger partial charge in [-0.25, -0.2) is 13.2 Å². The first-order valence-corrected chi connectivity index (χ1v) is 9.16. The van der Waals surface area contributed by atoms with Gasteiger partial charge in [-0.2, -0.15) is 0 Å². The van der Waals surface area contributed by atoms with E-state index in [-0.39, 0.29) is 19.0 Å². The topological polar surface area (TPSA) is 67.4 Å². The van der Waals surface area contributed by atoms with Crippen LogP contribution in [0.15, 0.2) is 12.1 Å². The number of amides is 2. The maximum absolute atomic E-state index is 13.6. The van der Waals surface area contributed by atoms with Gasteiger partial charge in [0.05, 0.1) is 11.2 Å². The number of nitrogens with one attached hydrogen (secondary N) is 2. The molecule has 0 radical (unpaired) electrons. The molecule has 0 aliphatic carbocycles. The Labute approximate surface area is 164 Å². The Morgan fingerprint density at radius 3 is 2.04 bits per heavy atom. The first-order valence-electron chi connectivity index (χ1n) is 9.16. The molecule has 0 unspecified atom stereocenters. The van der Waals surface area contributed by atoms with Gasteiger partial charge in [0.15, 0.2) is 11.6 Å². The predicted octanol–water partition coefficient (Wildman–Crippen LogP) is 3.57. The van der Waals surface area contributed by atoms with Gasteiger partial charge in [0.25, 0.3) is 5.91 Å². The van der Waals surface area contributed by atoms with Crippen molar-refractivity contribution in [3.8, 4) is 0 Å². The molecule has 0 spiro atoms. The minimum Gasteiger partial charge on any atom is -0.362 e. The molecule has 0 aromatic heterocycles. The van der Waals surface area contributed by atoms with E-state index in [1.807, 2.05) is 41.5 Å². The van der Waals surface area contributed by atoms with Crippen LogP contribution in [-0.2, 0) is 9.53 Å². The fourth-order valence-electron chi connectivity index (χ4n) is 2.35. The molecule has 8 heteroatoms. The Bertz CT molecular complexity index is 715. The standard InChI is InChI=1S/C20H29F3N2O3/c1-7-20(5,6)16(28-19(2,3)4)18(27)25-9-8-24-17(26)12-10-14(22)15(23)11-13(12)21/h10-11,16H,7-9H2,1-6H3,(H,24,26)(H,25,27)/t16-/m1/s1. The average Bonchev–Trinajstić information content (AvgIpc) is 2.58. The summed E-state index contributed by atoms with van der Waals surface area (Å²) < 4.78 is 45.6. The number of rotatable bonds is 8. The van der Waals surface area contributed by atoms with Crippen LogP contribution in [0, 0.1) is 22.9 Å². The third-order valence-corrected chi connectivity index (χ3v) is 4.29. The third kappa shape index (κ3) is 6.82. The molecule has 0 heterocycles. The Kier molecular flexibility index (Phi) is 8.05. The normalized spacial score (nSPS) is 13.2. The molecule has 1 aromatic rings. The summed E-state index contributed by atoms with van der Waals surface area (Å²) in [5.74, 6) is -5.07. The molecule has 0 aliphatic rings. The second-order valence-corrected chi connectivity index (χ2v) is 8.25. The van der Waals surface area contributed by atoms with Crippen LogP contribution < -0.4 is 10.6 Å². The van der Waals surface area contributed by atoms with Crippen LogP contribution in [0.4, 0.5) is 13.2 Å². The lowest BCUT2D eigenvalue weighted by Gasteiger charge is -2.37.